The summed E-state index contributed by atoms with van der Waals surface area (Å²) in [5, 5.41) is 13.0. The van der Waals surface area contributed by atoms with Crippen LogP contribution in [0.3, 0.4) is 0 Å². The van der Waals surface area contributed by atoms with Gasteiger partial charge in [0.25, 0.3) is 0 Å². The Hall–Kier alpha value is -0.380. The van der Waals surface area contributed by atoms with Gasteiger partial charge in [0.15, 0.2) is 0 Å². The Morgan fingerprint density at radius 2 is 2.00 bits per heavy atom. The van der Waals surface area contributed by atoms with Gasteiger partial charge in [-0.1, -0.05) is 41.9 Å². The second-order valence-corrected chi connectivity index (χ2v) is 5.41. The lowest BCUT2D eigenvalue weighted by molar-refractivity contribution is 0.120. The van der Waals surface area contributed by atoms with Gasteiger partial charge in [-0.25, -0.2) is 0 Å². The molecule has 0 bridgehead atoms. The fourth-order valence-electron chi connectivity index (χ4n) is 1.43. The van der Waals surface area contributed by atoms with Crippen molar-refractivity contribution >= 4 is 15.9 Å². The summed E-state index contributed by atoms with van der Waals surface area (Å²) in [4.78, 5) is 0. The van der Waals surface area contributed by atoms with Gasteiger partial charge in [-0.15, -0.1) is 0 Å². The standard InChI is InChI=1S/C13H20BrNO/c1-9(2)13(16)8-15-10(3)11-5-4-6-12(14)7-11/h4-7,9-10,13,15-16H,8H2,1-3H3. The van der Waals surface area contributed by atoms with Crippen molar-refractivity contribution in [3.8, 4) is 0 Å². The van der Waals surface area contributed by atoms with Crippen molar-refractivity contribution in [2.75, 3.05) is 6.54 Å². The Labute approximate surface area is 106 Å². The first kappa shape index (κ1) is 13.7. The first-order chi connectivity index (χ1) is 7.50. The molecular formula is C13H20BrNO. The Morgan fingerprint density at radius 1 is 1.31 bits per heavy atom. The van der Waals surface area contributed by atoms with Crippen molar-refractivity contribution in [2.45, 2.75) is 32.9 Å². The van der Waals surface area contributed by atoms with Crippen molar-refractivity contribution in [3.63, 3.8) is 0 Å². The molecule has 0 aromatic heterocycles. The van der Waals surface area contributed by atoms with Crippen LogP contribution in [0.4, 0.5) is 0 Å². The van der Waals surface area contributed by atoms with E-state index in [2.05, 4.69) is 40.3 Å². The number of rotatable bonds is 5. The molecule has 3 heteroatoms. The number of aliphatic hydroxyl groups excluding tert-OH is 1. The molecule has 2 atom stereocenters. The van der Waals surface area contributed by atoms with Crippen molar-refractivity contribution in [3.05, 3.63) is 34.3 Å². The van der Waals surface area contributed by atoms with E-state index in [1.165, 1.54) is 5.56 Å². The van der Waals surface area contributed by atoms with Crippen LogP contribution in [-0.4, -0.2) is 17.8 Å². The maximum Gasteiger partial charge on any atom is 0.0687 e. The molecule has 0 aliphatic rings. The smallest absolute Gasteiger partial charge is 0.0687 e. The molecule has 0 fully saturated rings. The number of hydrogen-bond donors (Lipinski definition) is 2. The molecule has 1 rings (SSSR count). The Kier molecular flexibility index (Phi) is 5.46. The summed E-state index contributed by atoms with van der Waals surface area (Å²) in [7, 11) is 0. The van der Waals surface area contributed by atoms with Gasteiger partial charge in [0.1, 0.15) is 0 Å². The minimum Gasteiger partial charge on any atom is -0.392 e. The number of nitrogens with one attached hydrogen (secondary N) is 1. The van der Waals surface area contributed by atoms with Crippen molar-refractivity contribution in [1.29, 1.82) is 0 Å². The van der Waals surface area contributed by atoms with Crippen LogP contribution in [0.15, 0.2) is 28.7 Å². The number of aliphatic hydroxyl groups is 1. The zero-order valence-electron chi connectivity index (χ0n) is 10.1. The van der Waals surface area contributed by atoms with Crippen molar-refractivity contribution < 1.29 is 5.11 Å². The van der Waals surface area contributed by atoms with Crippen LogP contribution in [0.2, 0.25) is 0 Å². The normalized spacial score (nSPS) is 15.1. The van der Waals surface area contributed by atoms with Gasteiger partial charge in [-0.05, 0) is 30.5 Å². The predicted octanol–water partition coefficient (Wildman–Crippen LogP) is 3.12. The van der Waals surface area contributed by atoms with E-state index in [-0.39, 0.29) is 12.1 Å². The highest BCUT2D eigenvalue weighted by molar-refractivity contribution is 9.10. The molecule has 0 saturated carbocycles. The van der Waals surface area contributed by atoms with Gasteiger partial charge < -0.3 is 10.4 Å². The first-order valence-electron chi connectivity index (χ1n) is 5.67. The lowest BCUT2D eigenvalue weighted by Crippen LogP contribution is -2.32. The SMILES string of the molecule is CC(NCC(O)C(C)C)c1cccc(Br)c1. The van der Waals surface area contributed by atoms with E-state index in [1.807, 2.05) is 26.0 Å². The molecule has 2 nitrogen and oxygen atoms in total. The monoisotopic (exact) mass is 285 g/mol. The maximum absolute atomic E-state index is 9.71. The van der Waals surface area contributed by atoms with Gasteiger partial charge in [0, 0.05) is 17.1 Å². The van der Waals surface area contributed by atoms with E-state index in [0.29, 0.717) is 12.5 Å². The van der Waals surface area contributed by atoms with Gasteiger partial charge >= 0.3 is 0 Å². The molecular weight excluding hydrogens is 266 g/mol. The second-order valence-electron chi connectivity index (χ2n) is 4.50. The van der Waals surface area contributed by atoms with E-state index in [0.717, 1.165) is 4.47 Å². The second kappa shape index (κ2) is 6.38. The van der Waals surface area contributed by atoms with Crippen LogP contribution in [0.25, 0.3) is 0 Å². The minimum atomic E-state index is -0.283. The highest BCUT2D eigenvalue weighted by atomic mass is 79.9. The molecule has 1 aromatic rings. The van der Waals surface area contributed by atoms with Crippen LogP contribution < -0.4 is 5.32 Å². The van der Waals surface area contributed by atoms with Crippen LogP contribution >= 0.6 is 15.9 Å². The topological polar surface area (TPSA) is 32.3 Å². The van der Waals surface area contributed by atoms with Gasteiger partial charge in [-0.3, -0.25) is 0 Å². The summed E-state index contributed by atoms with van der Waals surface area (Å²) in [5.74, 6) is 0.294. The number of hydrogen-bond acceptors (Lipinski definition) is 2. The molecule has 0 saturated heterocycles. The van der Waals surface area contributed by atoms with E-state index in [1.54, 1.807) is 0 Å². The predicted molar refractivity (Wildman–Crippen MR) is 71.4 cm³/mol. The van der Waals surface area contributed by atoms with Crippen molar-refractivity contribution in [2.24, 2.45) is 5.92 Å². The quantitative estimate of drug-likeness (QED) is 0.871. The van der Waals surface area contributed by atoms with Gasteiger partial charge in [0.2, 0.25) is 0 Å². The number of benzene rings is 1. The molecule has 1 aromatic carbocycles. The Morgan fingerprint density at radius 3 is 2.56 bits per heavy atom. The summed E-state index contributed by atoms with van der Waals surface area (Å²) < 4.78 is 1.09. The fourth-order valence-corrected chi connectivity index (χ4v) is 1.84. The summed E-state index contributed by atoms with van der Waals surface area (Å²) in [6.07, 6.45) is -0.283. The average molecular weight is 286 g/mol. The largest absolute Gasteiger partial charge is 0.392 e. The summed E-state index contributed by atoms with van der Waals surface area (Å²) in [6.45, 7) is 6.78. The third-order valence-electron chi connectivity index (χ3n) is 2.75. The molecule has 2 N–H and O–H groups in total. The zero-order chi connectivity index (χ0) is 12.1. The lowest BCUT2D eigenvalue weighted by Gasteiger charge is -2.19. The highest BCUT2D eigenvalue weighted by Gasteiger charge is 2.11. The Balaban J connectivity index is 2.49. The number of halogens is 1. The first-order valence-corrected chi connectivity index (χ1v) is 6.47. The third-order valence-corrected chi connectivity index (χ3v) is 3.24. The molecule has 0 amide bonds. The molecule has 0 aliphatic carbocycles. The van der Waals surface area contributed by atoms with E-state index in [9.17, 15) is 5.11 Å². The summed E-state index contributed by atoms with van der Waals surface area (Å²) in [6, 6.07) is 8.48. The van der Waals surface area contributed by atoms with E-state index < -0.39 is 0 Å². The average Bonchev–Trinajstić information content (AvgIpc) is 2.25. The molecule has 90 valence electrons. The summed E-state index contributed by atoms with van der Waals surface area (Å²) in [5.41, 5.74) is 1.23. The highest BCUT2D eigenvalue weighted by Crippen LogP contribution is 2.17. The van der Waals surface area contributed by atoms with Gasteiger partial charge in [-0.2, -0.15) is 0 Å². The lowest BCUT2D eigenvalue weighted by atomic mass is 10.1. The Bertz CT molecular complexity index is 327. The molecule has 2 unspecified atom stereocenters. The van der Waals surface area contributed by atoms with E-state index >= 15 is 0 Å². The van der Waals surface area contributed by atoms with Crippen LogP contribution in [0.5, 0.6) is 0 Å². The minimum absolute atomic E-state index is 0.255. The molecule has 0 heterocycles. The third kappa shape index (κ3) is 4.24. The van der Waals surface area contributed by atoms with Crippen LogP contribution in [-0.2, 0) is 0 Å². The molecule has 0 radical (unpaired) electrons. The fraction of sp³-hybridized carbons (Fsp3) is 0.538. The van der Waals surface area contributed by atoms with Gasteiger partial charge in [0.05, 0.1) is 6.10 Å². The summed E-state index contributed by atoms with van der Waals surface area (Å²) >= 11 is 3.46. The van der Waals surface area contributed by atoms with Crippen molar-refractivity contribution in [1.82, 2.24) is 5.32 Å². The molecule has 0 spiro atoms. The van der Waals surface area contributed by atoms with E-state index in [4.69, 9.17) is 0 Å². The van der Waals surface area contributed by atoms with Crippen LogP contribution in [0.1, 0.15) is 32.4 Å². The van der Waals surface area contributed by atoms with Crippen LogP contribution in [0, 0.1) is 5.92 Å². The molecule has 0 aliphatic heterocycles. The maximum atomic E-state index is 9.71. The molecule has 16 heavy (non-hydrogen) atoms. The zero-order valence-corrected chi connectivity index (χ0v) is 11.7.